The summed E-state index contributed by atoms with van der Waals surface area (Å²) in [5, 5.41) is 7.33. The molecule has 196 valence electrons. The van der Waals surface area contributed by atoms with E-state index >= 15 is 0 Å². The molecule has 9 aromatic rings. The maximum atomic E-state index is 5.19. The molecule has 0 amide bonds. The monoisotopic (exact) mass is 554 g/mol. The molecular formula is C37H22N4S. The second kappa shape index (κ2) is 9.06. The first-order valence-corrected chi connectivity index (χ1v) is 14.8. The van der Waals surface area contributed by atoms with Crippen molar-refractivity contribution in [2.45, 2.75) is 0 Å². The lowest BCUT2D eigenvalue weighted by molar-refractivity contribution is 0.957. The van der Waals surface area contributed by atoms with Crippen LogP contribution in [0.3, 0.4) is 0 Å². The fraction of sp³-hybridized carbons (Fsp3) is 0. The maximum absolute atomic E-state index is 5.19. The summed E-state index contributed by atoms with van der Waals surface area (Å²) >= 11 is 1.84. The van der Waals surface area contributed by atoms with Crippen LogP contribution in [0.5, 0.6) is 0 Å². The number of aromatic nitrogens is 4. The van der Waals surface area contributed by atoms with Crippen LogP contribution in [0.4, 0.5) is 0 Å². The summed E-state index contributed by atoms with van der Waals surface area (Å²) < 4.78 is 4.78. The Kier molecular flexibility index (Phi) is 5.03. The molecule has 0 atom stereocenters. The molecule has 0 saturated heterocycles. The van der Waals surface area contributed by atoms with Gasteiger partial charge >= 0.3 is 0 Å². The van der Waals surface area contributed by atoms with E-state index < -0.39 is 0 Å². The summed E-state index contributed by atoms with van der Waals surface area (Å²) in [5.41, 5.74) is 4.17. The Balaban J connectivity index is 1.52. The van der Waals surface area contributed by atoms with Crippen LogP contribution < -0.4 is 0 Å². The van der Waals surface area contributed by atoms with Gasteiger partial charge in [-0.1, -0.05) is 127 Å². The second-order valence-corrected chi connectivity index (χ2v) is 11.5. The molecule has 0 unspecified atom stereocenters. The lowest BCUT2D eigenvalue weighted by atomic mass is 9.98. The first-order chi connectivity index (χ1) is 20.8. The quantitative estimate of drug-likeness (QED) is 0.204. The van der Waals surface area contributed by atoms with Gasteiger partial charge in [0.05, 0.1) is 15.7 Å². The lowest BCUT2D eigenvalue weighted by Crippen LogP contribution is -2.06. The van der Waals surface area contributed by atoms with E-state index in [0.29, 0.717) is 17.6 Å². The smallest absolute Gasteiger partial charge is 0.238 e. The molecule has 4 nitrogen and oxygen atoms in total. The van der Waals surface area contributed by atoms with Crippen molar-refractivity contribution in [2.75, 3.05) is 0 Å². The SMILES string of the molecule is c1ccc(-c2nc(-c3ccccc3)nc(-n3c4c5ccccc5sc4c4c5ccccc5c5ccccc5c43)n2)cc1. The van der Waals surface area contributed by atoms with Crippen molar-refractivity contribution in [3.8, 4) is 28.7 Å². The molecule has 0 aliphatic heterocycles. The summed E-state index contributed by atoms with van der Waals surface area (Å²) in [5.74, 6) is 1.92. The fourth-order valence-electron chi connectivity index (χ4n) is 6.22. The largest absolute Gasteiger partial charge is 0.276 e. The second-order valence-electron chi connectivity index (χ2n) is 10.4. The molecule has 0 aliphatic carbocycles. The molecule has 0 fully saturated rings. The minimum Gasteiger partial charge on any atom is -0.276 e. The Morgan fingerprint density at radius 1 is 0.429 bits per heavy atom. The molecule has 3 aromatic heterocycles. The molecule has 0 aliphatic rings. The van der Waals surface area contributed by atoms with Crippen LogP contribution in [0.15, 0.2) is 133 Å². The van der Waals surface area contributed by atoms with Crippen molar-refractivity contribution >= 4 is 64.1 Å². The maximum Gasteiger partial charge on any atom is 0.238 e. The standard InChI is InChI=1S/C37H22N4S/c1-3-13-23(14-4-1)35-38-36(24-15-5-2-6-16-24)40-37(39-35)41-32-28-20-10-8-18-26(28)25-17-7-9-19-27(25)31(32)34-33(41)29-21-11-12-22-30(29)42-34/h1-22H. The van der Waals surface area contributed by atoms with Crippen LogP contribution in [0.25, 0.3) is 81.5 Å². The molecule has 42 heavy (non-hydrogen) atoms. The highest BCUT2D eigenvalue weighted by Crippen LogP contribution is 2.47. The average molecular weight is 555 g/mol. The first-order valence-electron chi connectivity index (χ1n) is 14.0. The third-order valence-electron chi connectivity index (χ3n) is 8.04. The van der Waals surface area contributed by atoms with Gasteiger partial charge in [0.1, 0.15) is 0 Å². The lowest BCUT2D eigenvalue weighted by Gasteiger charge is -2.13. The number of thiophene rings is 1. The predicted octanol–water partition coefficient (Wildman–Crippen LogP) is 9.82. The van der Waals surface area contributed by atoms with Crippen molar-refractivity contribution < 1.29 is 0 Å². The van der Waals surface area contributed by atoms with E-state index in [9.17, 15) is 0 Å². The number of hydrogen-bond acceptors (Lipinski definition) is 4. The number of fused-ring (bicyclic) bond motifs is 10. The van der Waals surface area contributed by atoms with Crippen LogP contribution in [-0.4, -0.2) is 19.5 Å². The van der Waals surface area contributed by atoms with Gasteiger partial charge < -0.3 is 0 Å². The minimum atomic E-state index is 0.617. The number of benzene rings is 6. The molecule has 9 rings (SSSR count). The van der Waals surface area contributed by atoms with Gasteiger partial charge in [-0.15, -0.1) is 11.3 Å². The van der Waals surface area contributed by atoms with Gasteiger partial charge in [-0.05, 0) is 22.2 Å². The Bertz CT molecular complexity index is 2400. The topological polar surface area (TPSA) is 43.6 Å². The van der Waals surface area contributed by atoms with Gasteiger partial charge in [-0.2, -0.15) is 9.97 Å². The van der Waals surface area contributed by atoms with E-state index in [2.05, 4.69) is 102 Å². The number of nitrogens with zero attached hydrogens (tertiary/aromatic N) is 4. The molecule has 0 N–H and O–H groups in total. The van der Waals surface area contributed by atoms with Gasteiger partial charge in [0.25, 0.3) is 0 Å². The molecule has 0 radical (unpaired) electrons. The highest BCUT2D eigenvalue weighted by molar-refractivity contribution is 7.26. The van der Waals surface area contributed by atoms with Gasteiger partial charge in [0, 0.05) is 32.0 Å². The first kappa shape index (κ1) is 23.3. The summed E-state index contributed by atoms with van der Waals surface area (Å²) in [4.78, 5) is 15.4. The average Bonchev–Trinajstić information content (AvgIpc) is 3.61. The van der Waals surface area contributed by atoms with E-state index in [1.165, 1.54) is 41.7 Å². The summed E-state index contributed by atoms with van der Waals surface area (Å²) in [7, 11) is 0. The molecule has 0 saturated carbocycles. The zero-order valence-electron chi connectivity index (χ0n) is 22.4. The molecular weight excluding hydrogens is 533 g/mol. The van der Waals surface area contributed by atoms with Crippen LogP contribution in [0.1, 0.15) is 0 Å². The third-order valence-corrected chi connectivity index (χ3v) is 9.21. The normalized spacial score (nSPS) is 11.8. The van der Waals surface area contributed by atoms with Crippen LogP contribution in [0, 0.1) is 0 Å². The number of hydrogen-bond donors (Lipinski definition) is 0. The van der Waals surface area contributed by atoms with E-state index in [-0.39, 0.29) is 0 Å². The fourth-order valence-corrected chi connectivity index (χ4v) is 7.47. The molecule has 0 spiro atoms. The molecule has 6 aromatic carbocycles. The number of rotatable bonds is 3. The van der Waals surface area contributed by atoms with Crippen molar-refractivity contribution in [1.82, 2.24) is 19.5 Å². The van der Waals surface area contributed by atoms with Crippen LogP contribution in [0.2, 0.25) is 0 Å². The van der Waals surface area contributed by atoms with E-state index in [1.807, 2.05) is 47.7 Å². The zero-order valence-corrected chi connectivity index (χ0v) is 23.2. The van der Waals surface area contributed by atoms with Crippen molar-refractivity contribution in [3.05, 3.63) is 133 Å². The predicted molar refractivity (Wildman–Crippen MR) is 175 cm³/mol. The Hall–Kier alpha value is -5.39. The van der Waals surface area contributed by atoms with Crippen molar-refractivity contribution in [2.24, 2.45) is 0 Å². The van der Waals surface area contributed by atoms with Crippen LogP contribution in [-0.2, 0) is 0 Å². The van der Waals surface area contributed by atoms with Gasteiger partial charge in [-0.25, -0.2) is 4.98 Å². The molecule has 3 heterocycles. The van der Waals surface area contributed by atoms with Crippen molar-refractivity contribution in [1.29, 1.82) is 0 Å². The van der Waals surface area contributed by atoms with E-state index in [0.717, 1.165) is 22.2 Å². The Morgan fingerprint density at radius 3 is 1.57 bits per heavy atom. The van der Waals surface area contributed by atoms with Gasteiger partial charge in [0.15, 0.2) is 11.6 Å². The van der Waals surface area contributed by atoms with Gasteiger partial charge in [-0.3, -0.25) is 4.57 Å². The Labute approximate surface area is 245 Å². The molecule has 0 bridgehead atoms. The van der Waals surface area contributed by atoms with E-state index in [4.69, 9.17) is 15.0 Å². The van der Waals surface area contributed by atoms with E-state index in [1.54, 1.807) is 0 Å². The summed E-state index contributed by atoms with van der Waals surface area (Å²) in [6.07, 6.45) is 0. The Morgan fingerprint density at radius 2 is 0.929 bits per heavy atom. The summed E-state index contributed by atoms with van der Waals surface area (Å²) in [6, 6.07) is 46.4. The zero-order chi connectivity index (χ0) is 27.6. The van der Waals surface area contributed by atoms with Crippen molar-refractivity contribution in [3.63, 3.8) is 0 Å². The summed E-state index contributed by atoms with van der Waals surface area (Å²) in [6.45, 7) is 0. The van der Waals surface area contributed by atoms with Crippen LogP contribution >= 0.6 is 11.3 Å². The minimum absolute atomic E-state index is 0.617. The highest BCUT2D eigenvalue weighted by atomic mass is 32.1. The molecule has 5 heteroatoms. The third kappa shape index (κ3) is 3.38. The highest BCUT2D eigenvalue weighted by Gasteiger charge is 2.24. The van der Waals surface area contributed by atoms with Gasteiger partial charge in [0.2, 0.25) is 5.95 Å².